The third-order valence-electron chi connectivity index (χ3n) is 1.60. The van der Waals surface area contributed by atoms with Gasteiger partial charge >= 0.3 is 0 Å². The highest BCUT2D eigenvalue weighted by Crippen LogP contribution is 2.23. The van der Waals surface area contributed by atoms with Crippen molar-refractivity contribution in [3.63, 3.8) is 0 Å². The minimum absolute atomic E-state index is 0.154. The molecule has 1 N–H and O–H groups in total. The van der Waals surface area contributed by atoms with Crippen molar-refractivity contribution < 1.29 is 17.2 Å². The molecule has 1 rings (SSSR count). The lowest BCUT2D eigenvalue weighted by atomic mass is 10.3. The minimum Gasteiger partial charge on any atom is -0.211 e. The van der Waals surface area contributed by atoms with Crippen molar-refractivity contribution in [2.45, 2.75) is 11.8 Å². The summed E-state index contributed by atoms with van der Waals surface area (Å²) < 4.78 is 50.6. The van der Waals surface area contributed by atoms with E-state index in [-0.39, 0.29) is 11.0 Å². The molecule has 0 heterocycles. The Morgan fingerprint density at radius 2 is 1.80 bits per heavy atom. The lowest BCUT2D eigenvalue weighted by molar-refractivity contribution is 0.555. The highest BCUT2D eigenvalue weighted by Gasteiger charge is 2.17. The van der Waals surface area contributed by atoms with E-state index in [0.717, 1.165) is 12.1 Å². The molecule has 0 amide bonds. The zero-order chi connectivity index (χ0) is 11.6. The van der Waals surface area contributed by atoms with Crippen LogP contribution in [0.25, 0.3) is 0 Å². The smallest absolute Gasteiger partial charge is 0.211 e. The van der Waals surface area contributed by atoms with E-state index >= 15 is 0 Å². The van der Waals surface area contributed by atoms with Crippen LogP contribution in [-0.2, 0) is 10.0 Å². The van der Waals surface area contributed by atoms with Crippen LogP contribution in [0.2, 0.25) is 0 Å². The van der Waals surface area contributed by atoms with Crippen molar-refractivity contribution in [3.05, 3.63) is 28.2 Å². The van der Waals surface area contributed by atoms with Crippen molar-refractivity contribution in [3.8, 4) is 0 Å². The SMILES string of the molecule is CCNS(=O)(=O)c1cc(F)c(Br)c(F)c1. The summed E-state index contributed by atoms with van der Waals surface area (Å²) in [7, 11) is -3.82. The predicted octanol–water partition coefficient (Wildman–Crippen LogP) is 2.03. The molecule has 84 valence electrons. The fourth-order valence-electron chi connectivity index (χ4n) is 0.961. The van der Waals surface area contributed by atoms with Crippen molar-refractivity contribution in [2.24, 2.45) is 0 Å². The second kappa shape index (κ2) is 4.54. The van der Waals surface area contributed by atoms with E-state index < -0.39 is 26.6 Å². The third kappa shape index (κ3) is 2.73. The summed E-state index contributed by atoms with van der Waals surface area (Å²) in [6.07, 6.45) is 0. The molecule has 0 aliphatic carbocycles. The Kier molecular flexibility index (Phi) is 3.80. The van der Waals surface area contributed by atoms with Crippen LogP contribution in [0, 0.1) is 11.6 Å². The number of nitrogens with one attached hydrogen (secondary N) is 1. The van der Waals surface area contributed by atoms with Gasteiger partial charge in [-0.15, -0.1) is 0 Å². The number of halogens is 3. The van der Waals surface area contributed by atoms with Crippen LogP contribution >= 0.6 is 15.9 Å². The maximum Gasteiger partial charge on any atom is 0.240 e. The van der Waals surface area contributed by atoms with Crippen LogP contribution in [0.3, 0.4) is 0 Å². The topological polar surface area (TPSA) is 46.2 Å². The molecule has 0 aromatic heterocycles. The molecule has 15 heavy (non-hydrogen) atoms. The lowest BCUT2D eigenvalue weighted by Gasteiger charge is -2.05. The van der Waals surface area contributed by atoms with Crippen molar-refractivity contribution in [1.82, 2.24) is 4.72 Å². The van der Waals surface area contributed by atoms with E-state index in [4.69, 9.17) is 0 Å². The highest BCUT2D eigenvalue weighted by molar-refractivity contribution is 9.10. The Labute approximate surface area is 94.7 Å². The zero-order valence-corrected chi connectivity index (χ0v) is 10.1. The second-order valence-electron chi connectivity index (χ2n) is 2.70. The Balaban J connectivity index is 3.29. The van der Waals surface area contributed by atoms with Crippen LogP contribution in [0.4, 0.5) is 8.78 Å². The van der Waals surface area contributed by atoms with Gasteiger partial charge < -0.3 is 0 Å². The number of benzene rings is 1. The maximum absolute atomic E-state index is 13.0. The fourth-order valence-corrected chi connectivity index (χ4v) is 2.25. The van der Waals surface area contributed by atoms with Gasteiger partial charge in [-0.05, 0) is 28.1 Å². The average Bonchev–Trinajstić information content (AvgIpc) is 2.13. The van der Waals surface area contributed by atoms with Gasteiger partial charge in [-0.3, -0.25) is 0 Å². The third-order valence-corrected chi connectivity index (χ3v) is 3.88. The average molecular weight is 300 g/mol. The quantitative estimate of drug-likeness (QED) is 0.868. The molecule has 1 aromatic rings. The lowest BCUT2D eigenvalue weighted by Crippen LogP contribution is -2.23. The largest absolute Gasteiger partial charge is 0.240 e. The minimum atomic E-state index is -3.82. The van der Waals surface area contributed by atoms with E-state index in [1.807, 2.05) is 0 Å². The first-order valence-electron chi connectivity index (χ1n) is 4.02. The molecular formula is C8H8BrF2NO2S. The van der Waals surface area contributed by atoms with Gasteiger partial charge in [0.15, 0.2) is 0 Å². The molecule has 0 radical (unpaired) electrons. The molecule has 0 saturated carbocycles. The Hall–Kier alpha value is -0.530. The van der Waals surface area contributed by atoms with Crippen molar-refractivity contribution >= 4 is 26.0 Å². The molecule has 0 bridgehead atoms. The predicted molar refractivity (Wildman–Crippen MR) is 54.9 cm³/mol. The number of sulfonamides is 1. The fraction of sp³-hybridized carbons (Fsp3) is 0.250. The molecule has 0 unspecified atom stereocenters. The highest BCUT2D eigenvalue weighted by atomic mass is 79.9. The molecule has 0 saturated heterocycles. The van der Waals surface area contributed by atoms with E-state index in [2.05, 4.69) is 20.7 Å². The van der Waals surface area contributed by atoms with Crippen LogP contribution in [0.15, 0.2) is 21.5 Å². The monoisotopic (exact) mass is 299 g/mol. The molecule has 0 spiro atoms. The molecule has 0 atom stereocenters. The van der Waals surface area contributed by atoms with Gasteiger partial charge in [0.05, 0.1) is 9.37 Å². The van der Waals surface area contributed by atoms with E-state index in [1.165, 1.54) is 0 Å². The van der Waals surface area contributed by atoms with Gasteiger partial charge in [-0.1, -0.05) is 6.92 Å². The standard InChI is InChI=1S/C8H8BrF2NO2S/c1-2-12-15(13,14)5-3-6(10)8(9)7(11)4-5/h3-4,12H,2H2,1H3. The first kappa shape index (κ1) is 12.5. The molecule has 7 heteroatoms. The van der Waals surface area contributed by atoms with Crippen LogP contribution in [0.5, 0.6) is 0 Å². The van der Waals surface area contributed by atoms with Gasteiger partial charge in [0.1, 0.15) is 11.6 Å². The van der Waals surface area contributed by atoms with Crippen LogP contribution in [-0.4, -0.2) is 15.0 Å². The second-order valence-corrected chi connectivity index (χ2v) is 5.26. The zero-order valence-electron chi connectivity index (χ0n) is 7.72. The van der Waals surface area contributed by atoms with Gasteiger partial charge in [0.25, 0.3) is 0 Å². The first-order valence-corrected chi connectivity index (χ1v) is 6.30. The normalized spacial score (nSPS) is 11.7. The Morgan fingerprint density at radius 1 is 1.33 bits per heavy atom. The van der Waals surface area contributed by atoms with Gasteiger partial charge in [-0.2, -0.15) is 0 Å². The van der Waals surface area contributed by atoms with Crippen molar-refractivity contribution in [1.29, 1.82) is 0 Å². The van der Waals surface area contributed by atoms with Gasteiger partial charge in [0.2, 0.25) is 10.0 Å². The summed E-state index contributed by atoms with van der Waals surface area (Å²) in [5.74, 6) is -1.90. The van der Waals surface area contributed by atoms with Crippen molar-refractivity contribution in [2.75, 3.05) is 6.54 Å². The molecule has 0 aliphatic rings. The molecule has 1 aromatic carbocycles. The first-order chi connectivity index (χ1) is 6.88. The maximum atomic E-state index is 13.0. The number of rotatable bonds is 3. The van der Waals surface area contributed by atoms with Crippen LogP contribution < -0.4 is 4.72 Å². The van der Waals surface area contributed by atoms with E-state index in [9.17, 15) is 17.2 Å². The van der Waals surface area contributed by atoms with Gasteiger partial charge in [-0.25, -0.2) is 21.9 Å². The summed E-state index contributed by atoms with van der Waals surface area (Å²) in [5.41, 5.74) is 0. The summed E-state index contributed by atoms with van der Waals surface area (Å²) >= 11 is 2.65. The Bertz CT molecular complexity index is 453. The number of hydrogen-bond donors (Lipinski definition) is 1. The summed E-state index contributed by atoms with van der Waals surface area (Å²) in [4.78, 5) is -0.428. The number of hydrogen-bond acceptors (Lipinski definition) is 2. The van der Waals surface area contributed by atoms with E-state index in [0.29, 0.717) is 0 Å². The van der Waals surface area contributed by atoms with E-state index in [1.54, 1.807) is 6.92 Å². The van der Waals surface area contributed by atoms with Crippen LogP contribution in [0.1, 0.15) is 6.92 Å². The summed E-state index contributed by atoms with van der Waals surface area (Å²) in [5, 5.41) is 0. The Morgan fingerprint density at radius 3 is 2.20 bits per heavy atom. The summed E-state index contributed by atoms with van der Waals surface area (Å²) in [6, 6.07) is 1.51. The molecule has 0 fully saturated rings. The molecule has 3 nitrogen and oxygen atoms in total. The van der Waals surface area contributed by atoms with Gasteiger partial charge in [0, 0.05) is 6.54 Å². The summed E-state index contributed by atoms with van der Waals surface area (Å²) in [6.45, 7) is 1.73. The molecule has 0 aliphatic heterocycles. The molecular weight excluding hydrogens is 292 g/mol.